The van der Waals surface area contributed by atoms with Gasteiger partial charge in [0.2, 0.25) is 0 Å². The average molecular weight is 850 g/mol. The topological polar surface area (TPSA) is 65.7 Å². The zero-order valence-corrected chi connectivity index (χ0v) is 29.4. The third kappa shape index (κ3) is 6.86. The molecule has 0 radical (unpaired) electrons. The molecule has 0 saturated heterocycles. The number of hydrogen-bond acceptors (Lipinski definition) is 5. The van der Waals surface area contributed by atoms with Crippen LogP contribution in [0, 0.1) is 0 Å². The summed E-state index contributed by atoms with van der Waals surface area (Å²) in [5, 5.41) is 5.09. The lowest BCUT2D eigenvalue weighted by molar-refractivity contribution is 0.267. The van der Waals surface area contributed by atoms with E-state index < -0.39 is 5.41 Å². The van der Waals surface area contributed by atoms with E-state index in [2.05, 4.69) is 84.8 Å². The summed E-state index contributed by atoms with van der Waals surface area (Å²) < 4.78 is 17.6. The van der Waals surface area contributed by atoms with Crippen LogP contribution in [0.15, 0.2) is 74.7 Å². The summed E-state index contributed by atoms with van der Waals surface area (Å²) in [7, 11) is 0. The third-order valence-corrected chi connectivity index (χ3v) is 9.50. The Balaban J connectivity index is 1.78. The molecule has 0 unspecified atom stereocenters. The molecule has 6 nitrogen and oxygen atoms in total. The molecule has 0 aliphatic heterocycles. The quantitative estimate of drug-likeness (QED) is 0.174. The van der Waals surface area contributed by atoms with Crippen LogP contribution in [0.3, 0.4) is 0 Å². The molecule has 0 spiro atoms. The predicted octanol–water partition coefficient (Wildman–Crippen LogP) is 9.37. The molecule has 4 aromatic rings. The van der Waals surface area contributed by atoms with Crippen molar-refractivity contribution in [2.24, 2.45) is 5.10 Å². The highest BCUT2D eigenvalue weighted by Gasteiger charge is 2.23. The van der Waals surface area contributed by atoms with Gasteiger partial charge in [0.05, 0.1) is 28.2 Å². The fraction of sp³-hybridized carbons (Fsp3) is 0.250. The molecule has 0 bridgehead atoms. The van der Waals surface area contributed by atoms with Gasteiger partial charge in [0, 0.05) is 34.4 Å². The minimum absolute atomic E-state index is 0.247. The average Bonchev–Trinajstić information content (AvgIpc) is 2.86. The predicted molar refractivity (Wildman–Crippen MR) is 175 cm³/mol. The van der Waals surface area contributed by atoms with Crippen LogP contribution >= 0.6 is 79.6 Å². The summed E-state index contributed by atoms with van der Waals surface area (Å²) in [5.41, 5.74) is 1.64. The van der Waals surface area contributed by atoms with Crippen molar-refractivity contribution in [3.63, 3.8) is 0 Å². The number of fused-ring (bicyclic) bond motifs is 1. The van der Waals surface area contributed by atoms with Crippen molar-refractivity contribution < 1.29 is 9.47 Å². The van der Waals surface area contributed by atoms with Gasteiger partial charge in [-0.3, -0.25) is 4.79 Å². The van der Waals surface area contributed by atoms with Gasteiger partial charge in [0.1, 0.15) is 12.4 Å². The number of aromatic nitrogens is 2. The molecule has 3 aromatic carbocycles. The number of rotatable bonds is 7. The number of nitrogens with zero attached hydrogens (tertiary/aromatic N) is 3. The summed E-state index contributed by atoms with van der Waals surface area (Å²) in [6, 6.07) is 13.2. The van der Waals surface area contributed by atoms with Gasteiger partial charge >= 0.3 is 0 Å². The molecule has 0 aliphatic rings. The molecule has 0 fully saturated rings. The van der Waals surface area contributed by atoms with Crippen LogP contribution in [0.25, 0.3) is 10.9 Å². The Labute approximate surface area is 268 Å². The van der Waals surface area contributed by atoms with Crippen LogP contribution < -0.4 is 15.0 Å². The zero-order chi connectivity index (χ0) is 28.5. The van der Waals surface area contributed by atoms with E-state index >= 15 is 0 Å². The Kier molecular flexibility index (Phi) is 9.79. The van der Waals surface area contributed by atoms with Crippen molar-refractivity contribution in [3.05, 3.63) is 92.1 Å². The summed E-state index contributed by atoms with van der Waals surface area (Å²) in [5.74, 6) is 1.66. The Hall–Kier alpha value is -1.53. The summed E-state index contributed by atoms with van der Waals surface area (Å²) in [4.78, 5) is 18.3. The fourth-order valence-electron chi connectivity index (χ4n) is 3.75. The molecule has 0 atom stereocenters. The summed E-state index contributed by atoms with van der Waals surface area (Å²) in [6.07, 6.45) is 1.62. The SMILES string of the molecule is CCOc1cc(C=Nn2c(C(C)(C)C)nc3ccc(Br)cc3c2=O)c(Br)c(Br)c1OCc1ccc(Br)cc1Br. The van der Waals surface area contributed by atoms with Crippen molar-refractivity contribution >= 4 is 96.8 Å². The molecule has 4 rings (SSSR count). The van der Waals surface area contributed by atoms with E-state index in [0.29, 0.717) is 55.9 Å². The molecule has 39 heavy (non-hydrogen) atoms. The van der Waals surface area contributed by atoms with Crippen molar-refractivity contribution in [2.75, 3.05) is 6.61 Å². The Morgan fingerprint density at radius 3 is 2.31 bits per heavy atom. The maximum atomic E-state index is 13.5. The van der Waals surface area contributed by atoms with E-state index in [9.17, 15) is 4.79 Å². The van der Waals surface area contributed by atoms with Crippen LogP contribution in [0.1, 0.15) is 44.6 Å². The normalized spacial score (nSPS) is 11.9. The van der Waals surface area contributed by atoms with Crippen LogP contribution in [-0.4, -0.2) is 22.5 Å². The first-order valence-corrected chi connectivity index (χ1v) is 15.9. The zero-order valence-electron chi connectivity index (χ0n) is 21.5. The first-order valence-electron chi connectivity index (χ1n) is 11.9. The molecule has 0 aliphatic carbocycles. The van der Waals surface area contributed by atoms with Crippen molar-refractivity contribution in [1.29, 1.82) is 0 Å². The smallest absolute Gasteiger partial charge is 0.282 e. The first kappa shape index (κ1) is 30.4. The van der Waals surface area contributed by atoms with Gasteiger partial charge < -0.3 is 9.47 Å². The molecule has 204 valence electrons. The van der Waals surface area contributed by atoms with E-state index in [4.69, 9.17) is 14.5 Å². The number of hydrogen-bond donors (Lipinski definition) is 0. The molecular formula is C28H24Br5N3O3. The van der Waals surface area contributed by atoms with E-state index in [-0.39, 0.29) is 5.56 Å². The summed E-state index contributed by atoms with van der Waals surface area (Å²) in [6.45, 7) is 8.69. The number of benzene rings is 3. The fourth-order valence-corrected chi connectivity index (χ4v) is 6.20. The standard InChI is InChI=1S/C28H24Br5N3O3/c1-5-38-22-10-16(23(32)24(33)25(22)39-14-15-6-7-18(30)12-20(15)31)13-34-36-26(37)19-11-17(29)8-9-21(19)35-27(36)28(2,3)4/h6-13H,5,14H2,1-4H3. The maximum Gasteiger partial charge on any atom is 0.282 e. The van der Waals surface area contributed by atoms with Gasteiger partial charge in [-0.1, -0.05) is 74.6 Å². The van der Waals surface area contributed by atoms with E-state index in [0.717, 1.165) is 19.0 Å². The molecule has 0 saturated carbocycles. The van der Waals surface area contributed by atoms with Gasteiger partial charge in [-0.2, -0.15) is 9.78 Å². The molecule has 1 aromatic heterocycles. The van der Waals surface area contributed by atoms with Crippen molar-refractivity contribution in [1.82, 2.24) is 9.66 Å². The minimum atomic E-state index is -0.426. The molecule has 0 amide bonds. The Morgan fingerprint density at radius 2 is 1.64 bits per heavy atom. The number of halogens is 5. The van der Waals surface area contributed by atoms with E-state index in [1.54, 1.807) is 12.3 Å². The van der Waals surface area contributed by atoms with Gasteiger partial charge in [0.15, 0.2) is 11.5 Å². The van der Waals surface area contributed by atoms with Crippen LogP contribution in [0.2, 0.25) is 0 Å². The van der Waals surface area contributed by atoms with Crippen molar-refractivity contribution in [2.45, 2.75) is 39.7 Å². The number of ether oxygens (including phenoxy) is 2. The maximum absolute atomic E-state index is 13.5. The Bertz CT molecular complexity index is 1650. The largest absolute Gasteiger partial charge is 0.490 e. The molecule has 11 heteroatoms. The highest BCUT2D eigenvalue weighted by atomic mass is 79.9. The van der Waals surface area contributed by atoms with Crippen LogP contribution in [-0.2, 0) is 12.0 Å². The third-order valence-electron chi connectivity index (χ3n) is 5.63. The van der Waals surface area contributed by atoms with Crippen LogP contribution in [0.5, 0.6) is 11.5 Å². The first-order chi connectivity index (χ1) is 18.4. The molecular weight excluding hydrogens is 826 g/mol. The Morgan fingerprint density at radius 1 is 0.949 bits per heavy atom. The monoisotopic (exact) mass is 845 g/mol. The summed E-state index contributed by atoms with van der Waals surface area (Å²) >= 11 is 17.8. The van der Waals surface area contributed by atoms with Gasteiger partial charge in [-0.25, -0.2) is 4.98 Å². The minimum Gasteiger partial charge on any atom is -0.490 e. The van der Waals surface area contributed by atoms with Gasteiger partial charge in [-0.15, -0.1) is 0 Å². The molecule has 1 heterocycles. The highest BCUT2D eigenvalue weighted by Crippen LogP contribution is 2.43. The second-order valence-corrected chi connectivity index (χ2v) is 13.9. The van der Waals surface area contributed by atoms with Gasteiger partial charge in [-0.05, 0) is 75.2 Å². The highest BCUT2D eigenvalue weighted by molar-refractivity contribution is 9.13. The second kappa shape index (κ2) is 12.5. The van der Waals surface area contributed by atoms with Gasteiger partial charge in [0.25, 0.3) is 5.56 Å². The van der Waals surface area contributed by atoms with E-state index in [1.807, 2.05) is 64.1 Å². The van der Waals surface area contributed by atoms with Crippen LogP contribution in [0.4, 0.5) is 0 Å². The molecule has 0 N–H and O–H groups in total. The second-order valence-electron chi connectivity index (χ2n) is 9.59. The lowest BCUT2D eigenvalue weighted by atomic mass is 9.95. The lowest BCUT2D eigenvalue weighted by Crippen LogP contribution is -2.29. The lowest BCUT2D eigenvalue weighted by Gasteiger charge is -2.21. The van der Waals surface area contributed by atoms with Crippen molar-refractivity contribution in [3.8, 4) is 11.5 Å². The van der Waals surface area contributed by atoms with E-state index in [1.165, 1.54) is 4.68 Å².